The first-order chi connectivity index (χ1) is 12.5. The number of carbonyl (C=O) groups excluding carboxylic acids is 2. The molecule has 0 saturated carbocycles. The molecule has 0 aliphatic carbocycles. The zero-order valence-electron chi connectivity index (χ0n) is 15.3. The van der Waals surface area contributed by atoms with Crippen LogP contribution in [0, 0.1) is 0 Å². The molecule has 0 fully saturated rings. The van der Waals surface area contributed by atoms with E-state index in [0.29, 0.717) is 29.1 Å². The average Bonchev–Trinajstić information content (AvgIpc) is 2.65. The van der Waals surface area contributed by atoms with Crippen LogP contribution in [0.5, 0.6) is 5.75 Å². The maximum absolute atomic E-state index is 12.4. The van der Waals surface area contributed by atoms with E-state index in [2.05, 4.69) is 20.5 Å². The van der Waals surface area contributed by atoms with Gasteiger partial charge in [0.15, 0.2) is 0 Å². The van der Waals surface area contributed by atoms with Gasteiger partial charge in [-0.15, -0.1) is 0 Å². The lowest BCUT2D eigenvalue weighted by Gasteiger charge is -2.10. The summed E-state index contributed by atoms with van der Waals surface area (Å²) < 4.78 is 5.13. The van der Waals surface area contributed by atoms with Crippen molar-refractivity contribution >= 4 is 17.5 Å². The molecule has 2 N–H and O–H groups in total. The normalized spacial score (nSPS) is 10.5. The molecule has 2 amide bonds. The van der Waals surface area contributed by atoms with Crippen molar-refractivity contribution in [3.8, 4) is 5.75 Å². The van der Waals surface area contributed by atoms with E-state index < -0.39 is 0 Å². The van der Waals surface area contributed by atoms with Gasteiger partial charge in [-0.3, -0.25) is 14.6 Å². The molecule has 0 spiro atoms. The monoisotopic (exact) mass is 356 g/mol. The second kappa shape index (κ2) is 9.53. The Morgan fingerprint density at radius 3 is 2.54 bits per heavy atom. The van der Waals surface area contributed by atoms with Crippen molar-refractivity contribution in [1.29, 1.82) is 0 Å². The van der Waals surface area contributed by atoms with Gasteiger partial charge in [0.2, 0.25) is 0 Å². The number of nitrogens with one attached hydrogen (secondary N) is 2. The number of aromatic nitrogens is 1. The van der Waals surface area contributed by atoms with Crippen molar-refractivity contribution in [1.82, 2.24) is 15.2 Å². The van der Waals surface area contributed by atoms with Crippen molar-refractivity contribution in [3.63, 3.8) is 0 Å². The highest BCUT2D eigenvalue weighted by molar-refractivity contribution is 6.05. The van der Waals surface area contributed by atoms with Crippen LogP contribution in [0.25, 0.3) is 0 Å². The maximum Gasteiger partial charge on any atom is 0.257 e. The molecular weight excluding hydrogens is 332 g/mol. The van der Waals surface area contributed by atoms with Crippen molar-refractivity contribution in [2.24, 2.45) is 0 Å². The Hall–Kier alpha value is -2.93. The molecule has 0 radical (unpaired) electrons. The van der Waals surface area contributed by atoms with Gasteiger partial charge in [0.05, 0.1) is 18.2 Å². The molecule has 1 aromatic heterocycles. The van der Waals surface area contributed by atoms with E-state index >= 15 is 0 Å². The zero-order chi connectivity index (χ0) is 18.9. The lowest BCUT2D eigenvalue weighted by atomic mass is 10.1. The summed E-state index contributed by atoms with van der Waals surface area (Å²) in [5.74, 6) is 0.0621. The van der Waals surface area contributed by atoms with Gasteiger partial charge < -0.3 is 20.3 Å². The average molecular weight is 356 g/mol. The van der Waals surface area contributed by atoms with Crippen molar-refractivity contribution in [3.05, 3.63) is 53.9 Å². The molecular formula is C19H24N4O3. The van der Waals surface area contributed by atoms with Gasteiger partial charge in [-0.25, -0.2) is 0 Å². The first-order valence-corrected chi connectivity index (χ1v) is 8.33. The van der Waals surface area contributed by atoms with Crippen molar-refractivity contribution in [2.75, 3.05) is 39.6 Å². The van der Waals surface area contributed by atoms with Gasteiger partial charge in [0, 0.05) is 30.7 Å². The van der Waals surface area contributed by atoms with Gasteiger partial charge in [0.1, 0.15) is 5.75 Å². The molecule has 7 heteroatoms. The number of hydrogen-bond donors (Lipinski definition) is 2. The van der Waals surface area contributed by atoms with Crippen LogP contribution in [-0.4, -0.2) is 56.0 Å². The summed E-state index contributed by atoms with van der Waals surface area (Å²) in [5, 5.41) is 5.60. The minimum atomic E-state index is -0.340. The number of hydrogen-bond acceptors (Lipinski definition) is 5. The summed E-state index contributed by atoms with van der Waals surface area (Å²) >= 11 is 0. The lowest BCUT2D eigenvalue weighted by molar-refractivity contribution is 0.0952. The Morgan fingerprint density at radius 2 is 1.85 bits per heavy atom. The van der Waals surface area contributed by atoms with Crippen LogP contribution in [0.2, 0.25) is 0 Å². The number of rotatable bonds is 8. The highest BCUT2D eigenvalue weighted by Crippen LogP contribution is 2.17. The van der Waals surface area contributed by atoms with Crippen LogP contribution in [0.4, 0.5) is 5.69 Å². The molecule has 1 aromatic carbocycles. The van der Waals surface area contributed by atoms with Crippen LogP contribution in [-0.2, 0) is 0 Å². The van der Waals surface area contributed by atoms with Crippen LogP contribution < -0.4 is 15.4 Å². The number of pyridine rings is 1. The second-order valence-corrected chi connectivity index (χ2v) is 6.06. The third-order valence-electron chi connectivity index (χ3n) is 3.66. The zero-order valence-corrected chi connectivity index (χ0v) is 15.3. The van der Waals surface area contributed by atoms with Gasteiger partial charge in [0.25, 0.3) is 11.8 Å². The highest BCUT2D eigenvalue weighted by atomic mass is 16.5. The van der Waals surface area contributed by atoms with E-state index in [4.69, 9.17) is 4.74 Å². The Morgan fingerprint density at radius 1 is 1.12 bits per heavy atom. The first-order valence-electron chi connectivity index (χ1n) is 8.33. The predicted molar refractivity (Wildman–Crippen MR) is 101 cm³/mol. The van der Waals surface area contributed by atoms with E-state index in [1.807, 2.05) is 14.1 Å². The minimum Gasteiger partial charge on any atom is -0.497 e. The minimum absolute atomic E-state index is 0.243. The summed E-state index contributed by atoms with van der Waals surface area (Å²) in [6.07, 6.45) is 3.73. The molecule has 138 valence electrons. The SMILES string of the molecule is COc1cccc(NC(=O)c2cncc(C(=O)NCCCN(C)C)c2)c1. The number of ether oxygens (including phenoxy) is 1. The highest BCUT2D eigenvalue weighted by Gasteiger charge is 2.12. The Balaban J connectivity index is 1.98. The summed E-state index contributed by atoms with van der Waals surface area (Å²) in [4.78, 5) is 30.6. The Bertz CT molecular complexity index is 762. The predicted octanol–water partition coefficient (Wildman–Crippen LogP) is 2.02. The van der Waals surface area contributed by atoms with Gasteiger partial charge in [-0.05, 0) is 45.3 Å². The fourth-order valence-electron chi connectivity index (χ4n) is 2.29. The maximum atomic E-state index is 12.4. The molecule has 2 aromatic rings. The summed E-state index contributed by atoms with van der Waals surface area (Å²) in [6, 6.07) is 8.58. The van der Waals surface area contributed by atoms with E-state index in [1.165, 1.54) is 18.5 Å². The third-order valence-corrected chi connectivity index (χ3v) is 3.66. The number of nitrogens with zero attached hydrogens (tertiary/aromatic N) is 2. The molecule has 1 heterocycles. The molecule has 0 saturated heterocycles. The number of amides is 2. The topological polar surface area (TPSA) is 83.6 Å². The van der Waals surface area contributed by atoms with Crippen molar-refractivity contribution < 1.29 is 14.3 Å². The Kier molecular flexibility index (Phi) is 7.11. The summed E-state index contributed by atoms with van der Waals surface area (Å²) in [7, 11) is 5.53. The molecule has 0 unspecified atom stereocenters. The number of methoxy groups -OCH3 is 1. The largest absolute Gasteiger partial charge is 0.497 e. The standard InChI is InChI=1S/C19H24N4O3/c1-23(2)9-5-8-21-18(24)14-10-15(13-20-12-14)19(25)22-16-6-4-7-17(11-16)26-3/h4,6-7,10-13H,5,8-9H2,1-3H3,(H,21,24)(H,22,25). The van der Waals surface area contributed by atoms with Gasteiger partial charge >= 0.3 is 0 Å². The van der Waals surface area contributed by atoms with E-state index in [9.17, 15) is 9.59 Å². The lowest BCUT2D eigenvalue weighted by Crippen LogP contribution is -2.27. The molecule has 0 aliphatic heterocycles. The number of anilines is 1. The second-order valence-electron chi connectivity index (χ2n) is 6.06. The summed E-state index contributed by atoms with van der Waals surface area (Å²) in [5.41, 5.74) is 1.27. The van der Waals surface area contributed by atoms with Crippen LogP contribution in [0.3, 0.4) is 0 Å². The molecule has 0 bridgehead atoms. The fraction of sp³-hybridized carbons (Fsp3) is 0.316. The van der Waals surface area contributed by atoms with Gasteiger partial charge in [-0.2, -0.15) is 0 Å². The third kappa shape index (κ3) is 5.86. The number of carbonyl (C=O) groups is 2. The van der Waals surface area contributed by atoms with Crippen molar-refractivity contribution in [2.45, 2.75) is 6.42 Å². The fourth-order valence-corrected chi connectivity index (χ4v) is 2.29. The molecule has 2 rings (SSSR count). The van der Waals surface area contributed by atoms with Crippen LogP contribution >= 0.6 is 0 Å². The van der Waals surface area contributed by atoms with E-state index in [0.717, 1.165) is 13.0 Å². The van der Waals surface area contributed by atoms with Crippen LogP contribution in [0.1, 0.15) is 27.1 Å². The first kappa shape index (κ1) is 19.4. The molecule has 0 atom stereocenters. The van der Waals surface area contributed by atoms with Gasteiger partial charge in [-0.1, -0.05) is 6.07 Å². The molecule has 0 aliphatic rings. The quantitative estimate of drug-likeness (QED) is 0.707. The smallest absolute Gasteiger partial charge is 0.257 e. The number of benzene rings is 1. The Labute approximate surface area is 153 Å². The molecule has 7 nitrogen and oxygen atoms in total. The van der Waals surface area contributed by atoms with E-state index in [1.54, 1.807) is 31.4 Å². The van der Waals surface area contributed by atoms with E-state index in [-0.39, 0.29) is 11.8 Å². The van der Waals surface area contributed by atoms with Crippen LogP contribution in [0.15, 0.2) is 42.7 Å². The molecule has 26 heavy (non-hydrogen) atoms. The summed E-state index contributed by atoms with van der Waals surface area (Å²) in [6.45, 7) is 1.46.